The molecule has 1 saturated carbocycles. The molecule has 2 heterocycles. The summed E-state index contributed by atoms with van der Waals surface area (Å²) in [6, 6.07) is 0. The highest BCUT2D eigenvalue weighted by Crippen LogP contribution is 2.28. The molecule has 1 saturated heterocycles. The molecule has 1 aromatic heterocycles. The van der Waals surface area contributed by atoms with E-state index in [-0.39, 0.29) is 6.10 Å². The number of ether oxygens (including phenoxy) is 1. The Morgan fingerprint density at radius 2 is 2.17 bits per heavy atom. The highest BCUT2D eigenvalue weighted by molar-refractivity contribution is 5.80. The van der Waals surface area contributed by atoms with Gasteiger partial charge < -0.3 is 15.0 Å². The van der Waals surface area contributed by atoms with Crippen LogP contribution in [0.3, 0.4) is 0 Å². The van der Waals surface area contributed by atoms with Gasteiger partial charge in [0.25, 0.3) is 0 Å². The van der Waals surface area contributed by atoms with E-state index in [0.29, 0.717) is 0 Å². The molecule has 2 aliphatic rings. The molecule has 3 rings (SSSR count). The first-order valence-electron chi connectivity index (χ1n) is 9.21. The summed E-state index contributed by atoms with van der Waals surface area (Å²) >= 11 is 0. The van der Waals surface area contributed by atoms with Crippen molar-refractivity contribution in [1.29, 1.82) is 0 Å². The Labute approximate surface area is 145 Å². The Morgan fingerprint density at radius 1 is 1.38 bits per heavy atom. The van der Waals surface area contributed by atoms with Gasteiger partial charge in [-0.2, -0.15) is 5.10 Å². The van der Waals surface area contributed by atoms with E-state index < -0.39 is 0 Å². The van der Waals surface area contributed by atoms with Gasteiger partial charge >= 0.3 is 0 Å². The molecule has 1 N–H and O–H groups in total. The Balaban J connectivity index is 1.53. The summed E-state index contributed by atoms with van der Waals surface area (Å²) in [5, 5.41) is 7.86. The Morgan fingerprint density at radius 3 is 2.83 bits per heavy atom. The largest absolute Gasteiger partial charge is 0.370 e. The molecule has 1 atom stereocenters. The molecule has 0 bridgehead atoms. The number of morpholine rings is 1. The van der Waals surface area contributed by atoms with E-state index in [1.54, 1.807) is 0 Å². The third kappa shape index (κ3) is 4.29. The first-order chi connectivity index (χ1) is 11.7. The lowest BCUT2D eigenvalue weighted by molar-refractivity contribution is -0.00811. The molecule has 0 aromatic carbocycles. The van der Waals surface area contributed by atoms with E-state index in [9.17, 15) is 0 Å². The summed E-state index contributed by atoms with van der Waals surface area (Å²) < 4.78 is 7.76. The van der Waals surface area contributed by atoms with Gasteiger partial charge in [0.1, 0.15) is 6.10 Å². The molecule has 0 spiro atoms. The van der Waals surface area contributed by atoms with Crippen molar-refractivity contribution in [2.75, 3.05) is 33.3 Å². The monoisotopic (exact) mass is 333 g/mol. The Bertz CT molecular complexity index is 547. The summed E-state index contributed by atoms with van der Waals surface area (Å²) in [5.41, 5.74) is 1.14. The first-order valence-corrected chi connectivity index (χ1v) is 9.21. The zero-order valence-electron chi connectivity index (χ0n) is 15.2. The molecule has 1 unspecified atom stereocenters. The van der Waals surface area contributed by atoms with Crippen molar-refractivity contribution in [3.8, 4) is 0 Å². The van der Waals surface area contributed by atoms with Gasteiger partial charge in [0.15, 0.2) is 5.96 Å². The molecule has 0 radical (unpaired) electrons. The van der Waals surface area contributed by atoms with Crippen LogP contribution >= 0.6 is 0 Å². The van der Waals surface area contributed by atoms with E-state index in [1.165, 1.54) is 25.7 Å². The summed E-state index contributed by atoms with van der Waals surface area (Å²) in [6.45, 7) is 5.84. The molecule has 1 aromatic rings. The van der Waals surface area contributed by atoms with E-state index in [0.717, 1.165) is 49.6 Å². The van der Waals surface area contributed by atoms with Gasteiger partial charge in [-0.25, -0.2) is 0 Å². The smallest absolute Gasteiger partial charge is 0.193 e. The van der Waals surface area contributed by atoms with Crippen LogP contribution in [0.2, 0.25) is 0 Å². The number of hydrogen-bond acceptors (Lipinski definition) is 3. The fourth-order valence-electron chi connectivity index (χ4n) is 3.75. The van der Waals surface area contributed by atoms with Crippen LogP contribution in [0.4, 0.5) is 0 Å². The lowest BCUT2D eigenvalue weighted by Gasteiger charge is -2.35. The van der Waals surface area contributed by atoms with E-state index >= 15 is 0 Å². The van der Waals surface area contributed by atoms with Gasteiger partial charge in [0, 0.05) is 38.9 Å². The summed E-state index contributed by atoms with van der Waals surface area (Å²) in [7, 11) is 3.81. The minimum atomic E-state index is 0.0709. The van der Waals surface area contributed by atoms with Crippen molar-refractivity contribution in [3.05, 3.63) is 18.0 Å². The van der Waals surface area contributed by atoms with Crippen LogP contribution in [0.5, 0.6) is 0 Å². The maximum atomic E-state index is 5.93. The van der Waals surface area contributed by atoms with E-state index in [2.05, 4.69) is 27.2 Å². The van der Waals surface area contributed by atoms with Crippen molar-refractivity contribution in [1.82, 2.24) is 20.0 Å². The zero-order chi connectivity index (χ0) is 16.9. The Kier molecular flexibility index (Phi) is 5.76. The molecule has 0 amide bonds. The molecule has 1 aliphatic heterocycles. The maximum Gasteiger partial charge on any atom is 0.193 e. The van der Waals surface area contributed by atoms with Crippen molar-refractivity contribution in [2.24, 2.45) is 23.9 Å². The lowest BCUT2D eigenvalue weighted by Crippen LogP contribution is -2.49. The molecule has 1 aliphatic carbocycles. The quantitative estimate of drug-likeness (QED) is 0.680. The molecular weight excluding hydrogens is 302 g/mol. The van der Waals surface area contributed by atoms with Crippen LogP contribution in [-0.4, -0.2) is 53.9 Å². The molecule has 134 valence electrons. The van der Waals surface area contributed by atoms with Gasteiger partial charge in [-0.05, 0) is 24.7 Å². The zero-order valence-corrected chi connectivity index (χ0v) is 15.2. The third-order valence-corrected chi connectivity index (χ3v) is 5.36. The van der Waals surface area contributed by atoms with E-state index in [1.807, 2.05) is 31.2 Å². The van der Waals surface area contributed by atoms with Crippen LogP contribution in [0, 0.1) is 11.8 Å². The number of guanidine groups is 1. The van der Waals surface area contributed by atoms with Crippen molar-refractivity contribution in [3.63, 3.8) is 0 Å². The molecule has 6 nitrogen and oxygen atoms in total. The molecule has 24 heavy (non-hydrogen) atoms. The van der Waals surface area contributed by atoms with Gasteiger partial charge in [-0.3, -0.25) is 9.67 Å². The number of aromatic nitrogens is 2. The van der Waals surface area contributed by atoms with Crippen LogP contribution in [0.15, 0.2) is 17.4 Å². The minimum Gasteiger partial charge on any atom is -0.370 e. The van der Waals surface area contributed by atoms with Gasteiger partial charge in [0.05, 0.1) is 19.3 Å². The minimum absolute atomic E-state index is 0.0709. The van der Waals surface area contributed by atoms with Crippen molar-refractivity contribution >= 4 is 5.96 Å². The fourth-order valence-corrected chi connectivity index (χ4v) is 3.75. The molecule has 6 heteroatoms. The van der Waals surface area contributed by atoms with Gasteiger partial charge in [0.2, 0.25) is 0 Å². The number of aliphatic imine (C=N–C) groups is 1. The van der Waals surface area contributed by atoms with Crippen LogP contribution in [0.1, 0.15) is 44.3 Å². The summed E-state index contributed by atoms with van der Waals surface area (Å²) in [5.74, 6) is 2.69. The average molecular weight is 333 g/mol. The number of nitrogens with one attached hydrogen (secondary N) is 1. The number of nitrogens with zero attached hydrogens (tertiary/aromatic N) is 4. The first kappa shape index (κ1) is 17.3. The number of aryl methyl sites for hydroxylation is 1. The van der Waals surface area contributed by atoms with Gasteiger partial charge in [-0.1, -0.05) is 19.8 Å². The number of hydrogen-bond donors (Lipinski definition) is 1. The fraction of sp³-hybridized carbons (Fsp3) is 0.778. The van der Waals surface area contributed by atoms with Crippen LogP contribution < -0.4 is 5.32 Å². The molecule has 2 fully saturated rings. The topological polar surface area (TPSA) is 54.7 Å². The second-order valence-electron chi connectivity index (χ2n) is 7.31. The SMILES string of the molecule is CN=C(NCC1CCC(C)CC1)N1CCOC(c2cnn(C)c2)C1. The second-order valence-corrected chi connectivity index (χ2v) is 7.31. The van der Waals surface area contributed by atoms with Crippen LogP contribution in [-0.2, 0) is 11.8 Å². The summed E-state index contributed by atoms with van der Waals surface area (Å²) in [4.78, 5) is 6.81. The predicted octanol–water partition coefficient (Wildman–Crippen LogP) is 2.20. The van der Waals surface area contributed by atoms with Crippen molar-refractivity contribution in [2.45, 2.75) is 38.7 Å². The summed E-state index contributed by atoms with van der Waals surface area (Å²) in [6.07, 6.45) is 9.42. The average Bonchev–Trinajstić information content (AvgIpc) is 3.04. The maximum absolute atomic E-state index is 5.93. The van der Waals surface area contributed by atoms with Crippen LogP contribution in [0.25, 0.3) is 0 Å². The normalized spacial score (nSPS) is 28.9. The third-order valence-electron chi connectivity index (χ3n) is 5.36. The van der Waals surface area contributed by atoms with Gasteiger partial charge in [-0.15, -0.1) is 0 Å². The highest BCUT2D eigenvalue weighted by atomic mass is 16.5. The number of rotatable bonds is 3. The standard InChI is InChI=1S/C18H31N5O/c1-14-4-6-15(7-5-14)10-20-18(19-2)23-8-9-24-17(13-23)16-11-21-22(3)12-16/h11-12,14-15,17H,4-10,13H2,1-3H3,(H,19,20). The van der Waals surface area contributed by atoms with E-state index in [4.69, 9.17) is 4.74 Å². The highest BCUT2D eigenvalue weighted by Gasteiger charge is 2.26. The predicted molar refractivity (Wildman–Crippen MR) is 96.0 cm³/mol. The lowest BCUT2D eigenvalue weighted by atomic mass is 9.83. The second kappa shape index (κ2) is 8.01. The van der Waals surface area contributed by atoms with Crippen molar-refractivity contribution < 1.29 is 4.74 Å². The Hall–Kier alpha value is -1.56. The molecular formula is C18H31N5O.